The van der Waals surface area contributed by atoms with E-state index < -0.39 is 5.91 Å². The van der Waals surface area contributed by atoms with Crippen LogP contribution in [0, 0.1) is 18.3 Å². The van der Waals surface area contributed by atoms with E-state index in [9.17, 15) is 10.1 Å². The standard InChI is InChI=1S/C17H20ClN3O3/c1-11-6-15(16(23-2)7-14(11)18)20-9-12(8-19)17(22)21-10-13-4-3-5-24-13/h6-7,9,13,20H,3-5,10H2,1-2H3,(H,21,22)/b12-9-. The van der Waals surface area contributed by atoms with Crippen LogP contribution in [0.5, 0.6) is 5.75 Å². The second kappa shape index (κ2) is 8.57. The summed E-state index contributed by atoms with van der Waals surface area (Å²) in [4.78, 5) is 12.1. The first-order valence-corrected chi connectivity index (χ1v) is 8.03. The Hall–Kier alpha value is -2.23. The highest BCUT2D eigenvalue weighted by molar-refractivity contribution is 6.31. The van der Waals surface area contributed by atoms with Crippen LogP contribution in [0.3, 0.4) is 0 Å². The molecule has 0 spiro atoms. The largest absolute Gasteiger partial charge is 0.495 e. The van der Waals surface area contributed by atoms with E-state index in [0.717, 1.165) is 25.0 Å². The number of nitrogens with one attached hydrogen (secondary N) is 2. The molecule has 1 aliphatic rings. The molecule has 1 aliphatic heterocycles. The number of hydrogen-bond acceptors (Lipinski definition) is 5. The molecule has 1 atom stereocenters. The van der Waals surface area contributed by atoms with Gasteiger partial charge in [-0.25, -0.2) is 0 Å². The van der Waals surface area contributed by atoms with Crippen LogP contribution in [-0.2, 0) is 9.53 Å². The van der Waals surface area contributed by atoms with Crippen molar-refractivity contribution < 1.29 is 14.3 Å². The van der Waals surface area contributed by atoms with Gasteiger partial charge in [-0.3, -0.25) is 4.79 Å². The Labute approximate surface area is 146 Å². The number of carbonyl (C=O) groups is 1. The number of carbonyl (C=O) groups excluding carboxylic acids is 1. The minimum Gasteiger partial charge on any atom is -0.495 e. The highest BCUT2D eigenvalue weighted by atomic mass is 35.5. The summed E-state index contributed by atoms with van der Waals surface area (Å²) in [7, 11) is 1.52. The number of benzene rings is 1. The first-order chi connectivity index (χ1) is 11.5. The van der Waals surface area contributed by atoms with Crippen LogP contribution >= 0.6 is 11.6 Å². The lowest BCUT2D eigenvalue weighted by Crippen LogP contribution is -2.32. The van der Waals surface area contributed by atoms with Crippen LogP contribution in [0.4, 0.5) is 5.69 Å². The van der Waals surface area contributed by atoms with E-state index in [1.54, 1.807) is 12.1 Å². The highest BCUT2D eigenvalue weighted by Gasteiger charge is 2.17. The quantitative estimate of drug-likeness (QED) is 0.609. The predicted octanol–water partition coefficient (Wildman–Crippen LogP) is 2.77. The molecule has 2 N–H and O–H groups in total. The predicted molar refractivity (Wildman–Crippen MR) is 92.0 cm³/mol. The number of ether oxygens (including phenoxy) is 2. The van der Waals surface area contributed by atoms with Gasteiger partial charge in [-0.15, -0.1) is 0 Å². The number of nitrogens with zero attached hydrogens (tertiary/aromatic N) is 1. The molecule has 0 saturated carbocycles. The summed E-state index contributed by atoms with van der Waals surface area (Å²) < 4.78 is 10.7. The molecule has 2 rings (SSSR count). The number of methoxy groups -OCH3 is 1. The summed E-state index contributed by atoms with van der Waals surface area (Å²) in [6, 6.07) is 5.36. The molecule has 0 aromatic heterocycles. The van der Waals surface area contributed by atoms with Crippen molar-refractivity contribution in [1.82, 2.24) is 5.32 Å². The number of amides is 1. The van der Waals surface area contributed by atoms with E-state index in [1.165, 1.54) is 13.3 Å². The molecule has 1 aromatic carbocycles. The lowest BCUT2D eigenvalue weighted by atomic mass is 10.2. The van der Waals surface area contributed by atoms with Crippen molar-refractivity contribution in [1.29, 1.82) is 5.26 Å². The van der Waals surface area contributed by atoms with Gasteiger partial charge in [0.25, 0.3) is 5.91 Å². The minimum atomic E-state index is -0.440. The summed E-state index contributed by atoms with van der Waals surface area (Å²) in [6.07, 6.45) is 3.31. The van der Waals surface area contributed by atoms with E-state index in [0.29, 0.717) is 23.0 Å². The Kier molecular flexibility index (Phi) is 6.47. The third-order valence-electron chi connectivity index (χ3n) is 3.73. The fourth-order valence-corrected chi connectivity index (χ4v) is 2.50. The molecule has 128 valence electrons. The topological polar surface area (TPSA) is 83.4 Å². The number of halogens is 1. The van der Waals surface area contributed by atoms with Crippen molar-refractivity contribution in [2.24, 2.45) is 0 Å². The Morgan fingerprint density at radius 3 is 3.00 bits per heavy atom. The fourth-order valence-electron chi connectivity index (χ4n) is 2.35. The van der Waals surface area contributed by atoms with Gasteiger partial charge in [-0.2, -0.15) is 5.26 Å². The van der Waals surface area contributed by atoms with Gasteiger partial charge in [0.1, 0.15) is 17.4 Å². The number of anilines is 1. The van der Waals surface area contributed by atoms with Gasteiger partial charge in [0.15, 0.2) is 0 Å². The third kappa shape index (κ3) is 4.63. The average molecular weight is 350 g/mol. The minimum absolute atomic E-state index is 0.0253. The Balaban J connectivity index is 2.03. The number of aryl methyl sites for hydroxylation is 1. The maximum atomic E-state index is 12.1. The molecule has 7 heteroatoms. The first-order valence-electron chi connectivity index (χ1n) is 7.66. The Bertz CT molecular complexity index is 676. The normalized spacial score (nSPS) is 17.2. The van der Waals surface area contributed by atoms with E-state index in [2.05, 4.69) is 10.6 Å². The van der Waals surface area contributed by atoms with Crippen LogP contribution in [0.15, 0.2) is 23.9 Å². The molecule has 0 bridgehead atoms. The molecule has 6 nitrogen and oxygen atoms in total. The lowest BCUT2D eigenvalue weighted by Gasteiger charge is -2.12. The molecule has 0 radical (unpaired) electrons. The van der Waals surface area contributed by atoms with Crippen LogP contribution in [0.2, 0.25) is 5.02 Å². The number of nitriles is 1. The monoisotopic (exact) mass is 349 g/mol. The van der Waals surface area contributed by atoms with Gasteiger partial charge in [0.2, 0.25) is 0 Å². The molecule has 24 heavy (non-hydrogen) atoms. The second-order valence-corrected chi connectivity index (χ2v) is 5.87. The third-order valence-corrected chi connectivity index (χ3v) is 4.14. The van der Waals surface area contributed by atoms with Crippen LogP contribution in [0.1, 0.15) is 18.4 Å². The van der Waals surface area contributed by atoms with E-state index in [-0.39, 0.29) is 11.7 Å². The van der Waals surface area contributed by atoms with Crippen LogP contribution in [-0.4, -0.2) is 32.3 Å². The van der Waals surface area contributed by atoms with Gasteiger partial charge in [0, 0.05) is 30.4 Å². The van der Waals surface area contributed by atoms with E-state index in [4.69, 9.17) is 21.1 Å². The number of rotatable bonds is 6. The molecular formula is C17H20ClN3O3. The van der Waals surface area contributed by atoms with Crippen LogP contribution < -0.4 is 15.4 Å². The van der Waals surface area contributed by atoms with Crippen molar-refractivity contribution in [3.63, 3.8) is 0 Å². The summed E-state index contributed by atoms with van der Waals surface area (Å²) in [5, 5.41) is 15.4. The van der Waals surface area contributed by atoms with Gasteiger partial charge in [-0.05, 0) is 31.4 Å². The van der Waals surface area contributed by atoms with Gasteiger partial charge >= 0.3 is 0 Å². The zero-order valence-electron chi connectivity index (χ0n) is 13.7. The zero-order valence-corrected chi connectivity index (χ0v) is 14.4. The maximum Gasteiger partial charge on any atom is 0.263 e. The van der Waals surface area contributed by atoms with Gasteiger partial charge in [0.05, 0.1) is 18.9 Å². The second-order valence-electron chi connectivity index (χ2n) is 5.46. The molecular weight excluding hydrogens is 330 g/mol. The van der Waals surface area contributed by atoms with Crippen LogP contribution in [0.25, 0.3) is 0 Å². The lowest BCUT2D eigenvalue weighted by molar-refractivity contribution is -0.117. The summed E-state index contributed by atoms with van der Waals surface area (Å²) >= 11 is 6.06. The maximum absolute atomic E-state index is 12.1. The molecule has 1 aromatic rings. The molecule has 1 fully saturated rings. The van der Waals surface area contributed by atoms with E-state index >= 15 is 0 Å². The van der Waals surface area contributed by atoms with Gasteiger partial charge in [-0.1, -0.05) is 11.6 Å². The molecule has 1 heterocycles. The summed E-state index contributed by atoms with van der Waals surface area (Å²) in [5.74, 6) is 0.0871. The molecule has 1 amide bonds. The summed E-state index contributed by atoms with van der Waals surface area (Å²) in [6.45, 7) is 2.98. The zero-order chi connectivity index (χ0) is 17.5. The van der Waals surface area contributed by atoms with Crippen molar-refractivity contribution in [2.75, 3.05) is 25.6 Å². The van der Waals surface area contributed by atoms with Gasteiger partial charge < -0.3 is 20.1 Å². The Morgan fingerprint density at radius 1 is 1.58 bits per heavy atom. The highest BCUT2D eigenvalue weighted by Crippen LogP contribution is 2.31. The molecule has 0 aliphatic carbocycles. The van der Waals surface area contributed by atoms with E-state index in [1.807, 2.05) is 13.0 Å². The Morgan fingerprint density at radius 2 is 2.38 bits per heavy atom. The summed E-state index contributed by atoms with van der Waals surface area (Å²) in [5.41, 5.74) is 1.46. The van der Waals surface area contributed by atoms with Crippen molar-refractivity contribution in [2.45, 2.75) is 25.9 Å². The molecule has 1 saturated heterocycles. The fraction of sp³-hybridized carbons (Fsp3) is 0.412. The number of hydrogen-bond donors (Lipinski definition) is 2. The SMILES string of the molecule is COc1cc(Cl)c(C)cc1N/C=C(/C#N)C(=O)NCC1CCCO1. The van der Waals surface area contributed by atoms with Crippen molar-refractivity contribution in [3.8, 4) is 11.8 Å². The average Bonchev–Trinajstić information content (AvgIpc) is 3.09. The van der Waals surface area contributed by atoms with Crippen molar-refractivity contribution in [3.05, 3.63) is 34.5 Å². The smallest absolute Gasteiger partial charge is 0.263 e. The molecule has 1 unspecified atom stereocenters. The first kappa shape index (κ1) is 18.1. The van der Waals surface area contributed by atoms with Crippen molar-refractivity contribution >= 4 is 23.2 Å².